The largest absolute Gasteiger partial charge is 0.368 e. The van der Waals surface area contributed by atoms with Crippen LogP contribution in [0.3, 0.4) is 0 Å². The predicted molar refractivity (Wildman–Crippen MR) is 107 cm³/mol. The van der Waals surface area contributed by atoms with E-state index in [0.717, 1.165) is 0 Å². The number of hydrogen-bond donors (Lipinski definition) is 2. The lowest BCUT2D eigenvalue weighted by molar-refractivity contribution is -0.119. The zero-order chi connectivity index (χ0) is 20.3. The van der Waals surface area contributed by atoms with Crippen LogP contribution in [0.2, 0.25) is 0 Å². The van der Waals surface area contributed by atoms with Crippen molar-refractivity contribution in [2.75, 3.05) is 16.1 Å². The zero-order valence-electron chi connectivity index (χ0n) is 15.2. The Kier molecular flexibility index (Phi) is 5.46. The van der Waals surface area contributed by atoms with E-state index in [9.17, 15) is 18.0 Å². The van der Waals surface area contributed by atoms with E-state index in [1.54, 1.807) is 36.4 Å². The average Bonchev–Trinajstić information content (AvgIpc) is 3.15. The highest BCUT2D eigenvalue weighted by molar-refractivity contribution is 7.91. The number of nitrogens with one attached hydrogen (secondary N) is 1. The average molecular weight is 400 g/mol. The number of carbonyl (C=O) groups excluding carboxylic acids is 2. The van der Waals surface area contributed by atoms with E-state index in [-0.39, 0.29) is 28.5 Å². The van der Waals surface area contributed by atoms with Crippen molar-refractivity contribution < 1.29 is 18.0 Å². The topological polar surface area (TPSA) is 122 Å². The summed E-state index contributed by atoms with van der Waals surface area (Å²) in [6.45, 7) is 1.53. The summed E-state index contributed by atoms with van der Waals surface area (Å²) < 4.78 is 24.5. The molecule has 0 bridgehead atoms. The molecule has 2 amide bonds. The van der Waals surface area contributed by atoms with Crippen LogP contribution in [0.15, 0.2) is 64.6 Å². The van der Waals surface area contributed by atoms with Crippen molar-refractivity contribution in [2.24, 2.45) is 10.8 Å². The molecule has 2 aromatic rings. The molecule has 0 saturated heterocycles. The Hall–Kier alpha value is -3.20. The van der Waals surface area contributed by atoms with Crippen molar-refractivity contribution in [1.29, 1.82) is 0 Å². The molecule has 28 heavy (non-hydrogen) atoms. The SMILES string of the molecule is CCS(=O)(=O)c1ccccc1NC(=O)C1=NN(c2ccccc2)C(C(N)=O)C1. The fourth-order valence-electron chi connectivity index (χ4n) is 2.88. The molecular weight excluding hydrogens is 380 g/mol. The Balaban J connectivity index is 1.89. The van der Waals surface area contributed by atoms with Gasteiger partial charge in [-0.1, -0.05) is 37.3 Å². The van der Waals surface area contributed by atoms with Crippen molar-refractivity contribution in [2.45, 2.75) is 24.3 Å². The minimum absolute atomic E-state index is 0.0265. The number of sulfone groups is 1. The van der Waals surface area contributed by atoms with Gasteiger partial charge in [0.25, 0.3) is 5.91 Å². The second-order valence-electron chi connectivity index (χ2n) is 6.20. The maximum atomic E-state index is 12.7. The van der Waals surface area contributed by atoms with Gasteiger partial charge in [-0.2, -0.15) is 5.10 Å². The third kappa shape index (κ3) is 3.89. The van der Waals surface area contributed by atoms with E-state index in [1.165, 1.54) is 24.1 Å². The molecule has 8 nitrogen and oxygen atoms in total. The van der Waals surface area contributed by atoms with Crippen LogP contribution in [0.25, 0.3) is 0 Å². The molecule has 0 radical (unpaired) electrons. The Labute approximate surface area is 163 Å². The van der Waals surface area contributed by atoms with E-state index in [0.29, 0.717) is 5.69 Å². The lowest BCUT2D eigenvalue weighted by Gasteiger charge is -2.20. The monoisotopic (exact) mass is 400 g/mol. The molecule has 1 unspecified atom stereocenters. The molecule has 0 spiro atoms. The van der Waals surface area contributed by atoms with Crippen LogP contribution in [0.1, 0.15) is 13.3 Å². The Morgan fingerprint density at radius 1 is 1.14 bits per heavy atom. The maximum absolute atomic E-state index is 12.7. The second kappa shape index (κ2) is 7.81. The van der Waals surface area contributed by atoms with Gasteiger partial charge < -0.3 is 11.1 Å². The first kappa shape index (κ1) is 19.6. The highest BCUT2D eigenvalue weighted by atomic mass is 32.2. The van der Waals surface area contributed by atoms with Crippen molar-refractivity contribution in [3.05, 3.63) is 54.6 Å². The molecule has 0 aliphatic carbocycles. The summed E-state index contributed by atoms with van der Waals surface area (Å²) in [6, 6.07) is 14.3. The highest BCUT2D eigenvalue weighted by Crippen LogP contribution is 2.26. The van der Waals surface area contributed by atoms with Gasteiger partial charge in [-0.15, -0.1) is 0 Å². The molecule has 2 aromatic carbocycles. The molecule has 146 valence electrons. The van der Waals surface area contributed by atoms with Crippen molar-refractivity contribution >= 4 is 38.7 Å². The minimum Gasteiger partial charge on any atom is -0.368 e. The summed E-state index contributed by atoms with van der Waals surface area (Å²) in [4.78, 5) is 24.6. The van der Waals surface area contributed by atoms with Crippen molar-refractivity contribution in [3.63, 3.8) is 0 Å². The number of rotatable bonds is 6. The van der Waals surface area contributed by atoms with Crippen LogP contribution < -0.4 is 16.1 Å². The van der Waals surface area contributed by atoms with E-state index in [2.05, 4.69) is 10.4 Å². The number of nitrogens with two attached hydrogens (primary N) is 1. The van der Waals surface area contributed by atoms with Crippen LogP contribution in [0, 0.1) is 0 Å². The first-order chi connectivity index (χ1) is 13.3. The number of nitrogens with zero attached hydrogens (tertiary/aromatic N) is 2. The molecule has 0 fully saturated rings. The number of anilines is 2. The fraction of sp³-hybridized carbons (Fsp3) is 0.211. The molecule has 3 N–H and O–H groups in total. The van der Waals surface area contributed by atoms with Crippen LogP contribution in [-0.2, 0) is 19.4 Å². The molecule has 0 saturated carbocycles. The molecule has 1 aliphatic rings. The summed E-state index contributed by atoms with van der Waals surface area (Å²) >= 11 is 0. The summed E-state index contributed by atoms with van der Waals surface area (Å²) in [7, 11) is -3.52. The van der Waals surface area contributed by atoms with Crippen molar-refractivity contribution in [3.8, 4) is 0 Å². The lowest BCUT2D eigenvalue weighted by atomic mass is 10.1. The van der Waals surface area contributed by atoms with Gasteiger partial charge in [0.1, 0.15) is 11.8 Å². The highest BCUT2D eigenvalue weighted by Gasteiger charge is 2.35. The Bertz CT molecular complexity index is 1030. The third-order valence-corrected chi connectivity index (χ3v) is 6.16. The fourth-order valence-corrected chi connectivity index (χ4v) is 3.93. The van der Waals surface area contributed by atoms with Gasteiger partial charge in [-0.05, 0) is 24.3 Å². The van der Waals surface area contributed by atoms with E-state index in [1.807, 2.05) is 6.07 Å². The quantitative estimate of drug-likeness (QED) is 0.762. The van der Waals surface area contributed by atoms with E-state index >= 15 is 0 Å². The zero-order valence-corrected chi connectivity index (χ0v) is 16.0. The molecule has 9 heteroatoms. The number of amides is 2. The number of carbonyl (C=O) groups is 2. The molecule has 0 aromatic heterocycles. The van der Waals surface area contributed by atoms with Crippen LogP contribution >= 0.6 is 0 Å². The first-order valence-electron chi connectivity index (χ1n) is 8.67. The summed E-state index contributed by atoms with van der Waals surface area (Å²) in [5, 5.41) is 8.26. The smallest absolute Gasteiger partial charge is 0.271 e. The summed E-state index contributed by atoms with van der Waals surface area (Å²) in [5.74, 6) is -1.28. The summed E-state index contributed by atoms with van der Waals surface area (Å²) in [5.41, 5.74) is 6.37. The van der Waals surface area contributed by atoms with Gasteiger partial charge in [0.2, 0.25) is 5.91 Å². The van der Waals surface area contributed by atoms with Crippen molar-refractivity contribution in [1.82, 2.24) is 0 Å². The number of para-hydroxylation sites is 2. The molecule has 3 rings (SSSR count). The minimum atomic E-state index is -3.52. The van der Waals surface area contributed by atoms with Gasteiger partial charge in [0, 0.05) is 6.42 Å². The molecular formula is C19H20N4O4S. The number of hydrazone groups is 1. The van der Waals surface area contributed by atoms with Gasteiger partial charge in [-0.25, -0.2) is 8.42 Å². The van der Waals surface area contributed by atoms with Gasteiger partial charge in [-0.3, -0.25) is 14.6 Å². The number of benzene rings is 2. The normalized spacial score (nSPS) is 16.5. The van der Waals surface area contributed by atoms with Crippen LogP contribution in [-0.4, -0.2) is 37.7 Å². The maximum Gasteiger partial charge on any atom is 0.271 e. The molecule has 1 atom stereocenters. The van der Waals surface area contributed by atoms with Gasteiger partial charge >= 0.3 is 0 Å². The first-order valence-corrected chi connectivity index (χ1v) is 10.3. The Morgan fingerprint density at radius 2 is 1.79 bits per heavy atom. The predicted octanol–water partition coefficient (Wildman–Crippen LogP) is 1.54. The summed E-state index contributed by atoms with van der Waals surface area (Å²) in [6.07, 6.45) is 0.0265. The lowest BCUT2D eigenvalue weighted by Crippen LogP contribution is -2.39. The number of hydrogen-bond acceptors (Lipinski definition) is 6. The number of primary amides is 1. The molecule has 1 heterocycles. The Morgan fingerprint density at radius 3 is 2.43 bits per heavy atom. The van der Waals surface area contributed by atoms with E-state index < -0.39 is 27.7 Å². The second-order valence-corrected chi connectivity index (χ2v) is 8.45. The van der Waals surface area contributed by atoms with Gasteiger partial charge in [0.15, 0.2) is 9.84 Å². The standard InChI is InChI=1S/C19H20N4O4S/c1-2-28(26,27)17-11-7-6-10-14(17)21-19(25)15-12-16(18(20)24)23(22-15)13-8-4-3-5-9-13/h3-11,16H,2,12H2,1H3,(H2,20,24)(H,21,25). The van der Waals surface area contributed by atoms with Crippen LogP contribution in [0.5, 0.6) is 0 Å². The molecule has 1 aliphatic heterocycles. The third-order valence-electron chi connectivity index (χ3n) is 4.37. The van der Waals surface area contributed by atoms with Gasteiger partial charge in [0.05, 0.1) is 22.0 Å². The van der Waals surface area contributed by atoms with Crippen LogP contribution in [0.4, 0.5) is 11.4 Å². The van der Waals surface area contributed by atoms with E-state index in [4.69, 9.17) is 5.73 Å².